The van der Waals surface area contributed by atoms with Gasteiger partial charge in [-0.1, -0.05) is 63.2 Å². The molecule has 16 heavy (non-hydrogen) atoms. The Bertz CT molecular complexity index is 527. The molecule has 1 heteroatoms. The molecule has 1 nitrogen and oxygen atoms in total. The van der Waals surface area contributed by atoms with E-state index in [1.54, 1.807) is 0 Å². The summed E-state index contributed by atoms with van der Waals surface area (Å²) in [5.41, 5.74) is 1.64. The standard InChI is InChI=1S/C15H17N/c1-15(2,3)14(16)13-10-6-8-11-7-4-5-9-12(11)13/h4-10,16H,1-3H3. The minimum atomic E-state index is -0.107. The van der Waals surface area contributed by atoms with E-state index in [1.807, 2.05) is 24.3 Å². The van der Waals surface area contributed by atoms with Crippen LogP contribution in [0.3, 0.4) is 0 Å². The zero-order chi connectivity index (χ0) is 11.8. The van der Waals surface area contributed by atoms with Gasteiger partial charge in [-0.15, -0.1) is 0 Å². The van der Waals surface area contributed by atoms with Gasteiger partial charge in [-0.2, -0.15) is 0 Å². The van der Waals surface area contributed by atoms with E-state index in [4.69, 9.17) is 5.41 Å². The molecule has 1 N–H and O–H groups in total. The molecule has 0 aromatic heterocycles. The maximum atomic E-state index is 8.26. The quantitative estimate of drug-likeness (QED) is 0.682. The van der Waals surface area contributed by atoms with Crippen LogP contribution in [-0.2, 0) is 0 Å². The summed E-state index contributed by atoms with van der Waals surface area (Å²) in [7, 11) is 0. The Morgan fingerprint density at radius 3 is 2.25 bits per heavy atom. The monoisotopic (exact) mass is 211 g/mol. The van der Waals surface area contributed by atoms with Gasteiger partial charge in [-0.25, -0.2) is 0 Å². The molecular weight excluding hydrogens is 194 g/mol. The molecular formula is C15H17N. The highest BCUT2D eigenvalue weighted by Crippen LogP contribution is 2.26. The molecule has 0 amide bonds. The Kier molecular flexibility index (Phi) is 2.55. The first-order valence-corrected chi connectivity index (χ1v) is 5.57. The van der Waals surface area contributed by atoms with E-state index in [0.717, 1.165) is 5.56 Å². The van der Waals surface area contributed by atoms with Crippen LogP contribution < -0.4 is 0 Å². The number of benzene rings is 2. The molecule has 0 spiro atoms. The topological polar surface area (TPSA) is 23.9 Å². The van der Waals surface area contributed by atoms with Crippen LogP contribution in [0, 0.1) is 10.8 Å². The lowest BCUT2D eigenvalue weighted by atomic mass is 9.84. The van der Waals surface area contributed by atoms with Gasteiger partial charge in [0.2, 0.25) is 0 Å². The normalized spacial score (nSPS) is 11.7. The van der Waals surface area contributed by atoms with Crippen molar-refractivity contribution in [1.29, 1.82) is 5.41 Å². The van der Waals surface area contributed by atoms with Crippen LogP contribution in [0.25, 0.3) is 10.8 Å². The summed E-state index contributed by atoms with van der Waals surface area (Å²) in [4.78, 5) is 0. The van der Waals surface area contributed by atoms with Crippen molar-refractivity contribution in [1.82, 2.24) is 0 Å². The lowest BCUT2D eigenvalue weighted by Crippen LogP contribution is -2.20. The molecule has 0 fully saturated rings. The van der Waals surface area contributed by atoms with Gasteiger partial charge < -0.3 is 5.41 Å². The summed E-state index contributed by atoms with van der Waals surface area (Å²) in [6.07, 6.45) is 0. The number of rotatable bonds is 1. The van der Waals surface area contributed by atoms with Crippen molar-refractivity contribution in [2.24, 2.45) is 5.41 Å². The maximum Gasteiger partial charge on any atom is 0.0445 e. The average Bonchev–Trinajstić information content (AvgIpc) is 2.26. The first-order chi connectivity index (χ1) is 7.50. The fraction of sp³-hybridized carbons (Fsp3) is 0.267. The second kappa shape index (κ2) is 3.75. The van der Waals surface area contributed by atoms with Gasteiger partial charge in [0, 0.05) is 16.7 Å². The van der Waals surface area contributed by atoms with Crippen molar-refractivity contribution in [3.05, 3.63) is 48.0 Å². The molecule has 0 aliphatic rings. The molecule has 0 aliphatic heterocycles. The van der Waals surface area contributed by atoms with Crippen molar-refractivity contribution >= 4 is 16.5 Å². The Balaban J connectivity index is 2.66. The molecule has 2 rings (SSSR count). The molecule has 2 aromatic rings. The third kappa shape index (κ3) is 1.85. The van der Waals surface area contributed by atoms with Gasteiger partial charge >= 0.3 is 0 Å². The lowest BCUT2D eigenvalue weighted by Gasteiger charge is -2.21. The highest BCUT2D eigenvalue weighted by Gasteiger charge is 2.20. The largest absolute Gasteiger partial charge is 0.304 e. The fourth-order valence-corrected chi connectivity index (χ4v) is 1.85. The third-order valence-corrected chi connectivity index (χ3v) is 2.81. The van der Waals surface area contributed by atoms with Crippen LogP contribution in [0.5, 0.6) is 0 Å². The Labute approximate surface area is 96.6 Å². The van der Waals surface area contributed by atoms with Crippen molar-refractivity contribution in [2.45, 2.75) is 20.8 Å². The molecule has 0 aliphatic carbocycles. The van der Waals surface area contributed by atoms with Gasteiger partial charge in [-0.05, 0) is 10.8 Å². The Morgan fingerprint density at radius 1 is 0.938 bits per heavy atom. The minimum absolute atomic E-state index is 0.107. The van der Waals surface area contributed by atoms with Gasteiger partial charge in [0.1, 0.15) is 0 Å². The van der Waals surface area contributed by atoms with Crippen LogP contribution in [0.1, 0.15) is 26.3 Å². The summed E-state index contributed by atoms with van der Waals surface area (Å²) >= 11 is 0. The fourth-order valence-electron chi connectivity index (χ4n) is 1.85. The van der Waals surface area contributed by atoms with Gasteiger partial charge in [-0.3, -0.25) is 0 Å². The second-order valence-corrected chi connectivity index (χ2v) is 5.15. The van der Waals surface area contributed by atoms with E-state index in [-0.39, 0.29) is 5.41 Å². The summed E-state index contributed by atoms with van der Waals surface area (Å²) in [5, 5.41) is 10.6. The first-order valence-electron chi connectivity index (χ1n) is 5.57. The van der Waals surface area contributed by atoms with Gasteiger partial charge in [0.25, 0.3) is 0 Å². The molecule has 0 saturated carbocycles. The van der Waals surface area contributed by atoms with E-state index in [0.29, 0.717) is 5.71 Å². The summed E-state index contributed by atoms with van der Waals surface area (Å²) in [5.74, 6) is 0. The average molecular weight is 211 g/mol. The van der Waals surface area contributed by atoms with Gasteiger partial charge in [0.15, 0.2) is 0 Å². The van der Waals surface area contributed by atoms with Crippen LogP contribution >= 0.6 is 0 Å². The molecule has 0 saturated heterocycles. The molecule has 0 radical (unpaired) electrons. The Hall–Kier alpha value is -1.63. The number of nitrogens with one attached hydrogen (secondary N) is 1. The third-order valence-electron chi connectivity index (χ3n) is 2.81. The van der Waals surface area contributed by atoms with E-state index < -0.39 is 0 Å². The Morgan fingerprint density at radius 2 is 1.56 bits per heavy atom. The van der Waals surface area contributed by atoms with Crippen LogP contribution in [0.15, 0.2) is 42.5 Å². The van der Waals surface area contributed by atoms with Crippen LogP contribution in [0.2, 0.25) is 0 Å². The number of hydrogen-bond acceptors (Lipinski definition) is 1. The molecule has 0 heterocycles. The highest BCUT2D eigenvalue weighted by atomic mass is 14.5. The van der Waals surface area contributed by atoms with Crippen LogP contribution in [0.4, 0.5) is 0 Å². The summed E-state index contributed by atoms with van der Waals surface area (Å²) in [6, 6.07) is 14.4. The zero-order valence-electron chi connectivity index (χ0n) is 10.0. The smallest absolute Gasteiger partial charge is 0.0445 e. The van der Waals surface area contributed by atoms with Crippen molar-refractivity contribution in [3.8, 4) is 0 Å². The minimum Gasteiger partial charge on any atom is -0.304 e. The number of hydrogen-bond donors (Lipinski definition) is 1. The van der Waals surface area contributed by atoms with E-state index in [1.165, 1.54) is 10.8 Å². The predicted molar refractivity (Wildman–Crippen MR) is 70.2 cm³/mol. The van der Waals surface area contributed by atoms with E-state index in [9.17, 15) is 0 Å². The molecule has 2 aromatic carbocycles. The SMILES string of the molecule is CC(C)(C)C(=N)c1cccc2ccccc12. The molecule has 0 bridgehead atoms. The molecule has 82 valence electrons. The van der Waals surface area contributed by atoms with Gasteiger partial charge in [0.05, 0.1) is 0 Å². The van der Waals surface area contributed by atoms with Crippen molar-refractivity contribution < 1.29 is 0 Å². The van der Waals surface area contributed by atoms with Crippen LogP contribution in [-0.4, -0.2) is 5.71 Å². The molecule has 0 atom stereocenters. The van der Waals surface area contributed by atoms with Crippen molar-refractivity contribution in [3.63, 3.8) is 0 Å². The second-order valence-electron chi connectivity index (χ2n) is 5.15. The highest BCUT2D eigenvalue weighted by molar-refractivity contribution is 6.11. The first kappa shape index (κ1) is 10.9. The number of fused-ring (bicyclic) bond motifs is 1. The summed E-state index contributed by atoms with van der Waals surface area (Å²) < 4.78 is 0. The van der Waals surface area contributed by atoms with E-state index >= 15 is 0 Å². The lowest BCUT2D eigenvalue weighted by molar-refractivity contribution is 0.589. The maximum absolute atomic E-state index is 8.26. The van der Waals surface area contributed by atoms with E-state index in [2.05, 4.69) is 39.0 Å². The predicted octanol–water partition coefficient (Wildman–Crippen LogP) is 4.25. The zero-order valence-corrected chi connectivity index (χ0v) is 10.0. The summed E-state index contributed by atoms with van der Waals surface area (Å²) in [6.45, 7) is 6.24. The molecule has 0 unspecified atom stereocenters. The van der Waals surface area contributed by atoms with Crippen molar-refractivity contribution in [2.75, 3.05) is 0 Å².